The lowest BCUT2D eigenvalue weighted by Gasteiger charge is -2.15. The van der Waals surface area contributed by atoms with Gasteiger partial charge in [0.2, 0.25) is 0 Å². The van der Waals surface area contributed by atoms with Gasteiger partial charge < -0.3 is 5.32 Å². The first-order chi connectivity index (χ1) is 13.0. The van der Waals surface area contributed by atoms with Crippen molar-refractivity contribution >= 4 is 37.8 Å². The number of sulfone groups is 1. The molecule has 3 aromatic rings. The molecule has 0 atom stereocenters. The van der Waals surface area contributed by atoms with E-state index >= 15 is 0 Å². The van der Waals surface area contributed by atoms with Crippen molar-refractivity contribution in [3.63, 3.8) is 0 Å². The number of pyridine rings is 2. The first-order valence-corrected chi connectivity index (χ1v) is 10.9. The fourth-order valence-electron chi connectivity index (χ4n) is 3.41. The van der Waals surface area contributed by atoms with Crippen molar-refractivity contribution in [1.82, 2.24) is 9.97 Å². The van der Waals surface area contributed by atoms with E-state index in [4.69, 9.17) is 0 Å². The number of allylic oxidation sites excluding steroid dienone is 2. The molecule has 1 aliphatic rings. The molecule has 140 valence electrons. The zero-order valence-corrected chi connectivity index (χ0v) is 16.0. The summed E-state index contributed by atoms with van der Waals surface area (Å²) in [6.07, 6.45) is 11.8. The summed E-state index contributed by atoms with van der Waals surface area (Å²) in [4.78, 5) is 9.19. The molecular weight excluding hydrogens is 358 g/mol. The zero-order valence-electron chi connectivity index (χ0n) is 15.1. The van der Waals surface area contributed by atoms with Crippen LogP contribution < -0.4 is 5.32 Å². The molecule has 0 unspecified atom stereocenters. The van der Waals surface area contributed by atoms with E-state index in [2.05, 4.69) is 27.4 Å². The summed E-state index contributed by atoms with van der Waals surface area (Å²) in [5.41, 5.74) is 4.26. The maximum absolute atomic E-state index is 11.6. The minimum Gasteiger partial charge on any atom is -0.340 e. The molecule has 1 aliphatic carbocycles. The van der Waals surface area contributed by atoms with E-state index < -0.39 is 9.84 Å². The Bertz CT molecular complexity index is 1130. The molecule has 6 heteroatoms. The Morgan fingerprint density at radius 3 is 2.59 bits per heavy atom. The second kappa shape index (κ2) is 7.12. The molecule has 4 rings (SSSR count). The standard InChI is InChI=1S/C21H21N3O2S.H2/c1-27(25,26)17-9-7-16(8-10-17)24-21-13-19-18(15-5-3-2-4-6-15)11-12-22-20(19)14-23-21;/h5,7-14H,2-4,6H2,1H3,(H,23,24);1H. The summed E-state index contributed by atoms with van der Waals surface area (Å²) in [5.74, 6) is 0.709. The Labute approximate surface area is 160 Å². The van der Waals surface area contributed by atoms with Gasteiger partial charge in [0, 0.05) is 25.0 Å². The number of hydrogen-bond acceptors (Lipinski definition) is 5. The van der Waals surface area contributed by atoms with E-state index in [0.717, 1.165) is 29.4 Å². The average Bonchev–Trinajstić information content (AvgIpc) is 2.68. The topological polar surface area (TPSA) is 72.0 Å². The monoisotopic (exact) mass is 381 g/mol. The molecule has 1 aromatic carbocycles. The van der Waals surface area contributed by atoms with Crippen LogP contribution in [0.15, 0.2) is 59.8 Å². The smallest absolute Gasteiger partial charge is 0.175 e. The molecule has 0 bridgehead atoms. The fourth-order valence-corrected chi connectivity index (χ4v) is 4.04. The summed E-state index contributed by atoms with van der Waals surface area (Å²) in [5, 5.41) is 4.33. The van der Waals surface area contributed by atoms with Gasteiger partial charge >= 0.3 is 0 Å². The van der Waals surface area contributed by atoms with Crippen molar-refractivity contribution < 1.29 is 9.84 Å². The molecule has 5 nitrogen and oxygen atoms in total. The molecule has 0 radical (unpaired) electrons. The SMILES string of the molecule is CS(=O)(=O)c1ccc(Nc2cc3c(C4=CCCCC4)ccnc3cn2)cc1.[HH]. The highest BCUT2D eigenvalue weighted by Gasteiger charge is 2.12. The number of nitrogens with one attached hydrogen (secondary N) is 1. The second-order valence-corrected chi connectivity index (χ2v) is 8.86. The van der Waals surface area contributed by atoms with Gasteiger partial charge in [-0.2, -0.15) is 0 Å². The van der Waals surface area contributed by atoms with Crippen molar-refractivity contribution in [2.75, 3.05) is 11.6 Å². The molecule has 27 heavy (non-hydrogen) atoms. The highest BCUT2D eigenvalue weighted by atomic mass is 32.2. The number of benzene rings is 1. The third-order valence-corrected chi connectivity index (χ3v) is 5.95. The van der Waals surface area contributed by atoms with Gasteiger partial charge in [-0.25, -0.2) is 13.4 Å². The summed E-state index contributed by atoms with van der Waals surface area (Å²) < 4.78 is 23.2. The number of rotatable bonds is 4. The normalized spacial score (nSPS) is 14.8. The van der Waals surface area contributed by atoms with Gasteiger partial charge in [0.1, 0.15) is 5.82 Å². The third kappa shape index (κ3) is 3.85. The van der Waals surface area contributed by atoms with E-state index in [1.165, 1.54) is 30.2 Å². The Balaban J connectivity index is 0.00000225. The Kier molecular flexibility index (Phi) is 4.66. The highest BCUT2D eigenvalue weighted by Crippen LogP contribution is 2.32. The second-order valence-electron chi connectivity index (χ2n) is 6.84. The van der Waals surface area contributed by atoms with E-state index in [9.17, 15) is 8.42 Å². The van der Waals surface area contributed by atoms with Crippen LogP contribution in [0.5, 0.6) is 0 Å². The Morgan fingerprint density at radius 1 is 1.07 bits per heavy atom. The minimum atomic E-state index is -3.20. The number of hydrogen-bond donors (Lipinski definition) is 1. The lowest BCUT2D eigenvalue weighted by Crippen LogP contribution is -1.99. The van der Waals surface area contributed by atoms with Crippen LogP contribution in [0.25, 0.3) is 16.5 Å². The van der Waals surface area contributed by atoms with E-state index in [1.54, 1.807) is 30.5 Å². The van der Waals surface area contributed by atoms with Crippen LogP contribution in [-0.2, 0) is 9.84 Å². The quantitative estimate of drug-likeness (QED) is 0.690. The van der Waals surface area contributed by atoms with Crippen molar-refractivity contribution in [2.24, 2.45) is 0 Å². The zero-order chi connectivity index (χ0) is 18.9. The van der Waals surface area contributed by atoms with Crippen molar-refractivity contribution in [1.29, 1.82) is 0 Å². The Hall–Kier alpha value is -2.73. The Morgan fingerprint density at radius 2 is 1.89 bits per heavy atom. The van der Waals surface area contributed by atoms with Gasteiger partial charge in [-0.3, -0.25) is 4.98 Å². The van der Waals surface area contributed by atoms with Gasteiger partial charge in [-0.15, -0.1) is 0 Å². The van der Waals surface area contributed by atoms with Crippen LogP contribution in [0.2, 0.25) is 0 Å². The fraction of sp³-hybridized carbons (Fsp3) is 0.238. The molecular formula is C21H23N3O2S. The summed E-state index contributed by atoms with van der Waals surface area (Å²) in [6, 6.07) is 10.8. The average molecular weight is 382 g/mol. The molecule has 1 N–H and O–H groups in total. The van der Waals surface area contributed by atoms with Crippen LogP contribution in [-0.4, -0.2) is 24.6 Å². The molecule has 0 saturated heterocycles. The van der Waals surface area contributed by atoms with Gasteiger partial charge in [0.25, 0.3) is 0 Å². The maximum Gasteiger partial charge on any atom is 0.175 e. The van der Waals surface area contributed by atoms with Crippen LogP contribution in [0.1, 0.15) is 32.7 Å². The predicted octanol–water partition coefficient (Wildman–Crippen LogP) is 4.98. The van der Waals surface area contributed by atoms with E-state index in [0.29, 0.717) is 10.7 Å². The number of nitrogens with zero attached hydrogens (tertiary/aromatic N) is 2. The van der Waals surface area contributed by atoms with Crippen molar-refractivity contribution in [3.05, 3.63) is 60.4 Å². The minimum absolute atomic E-state index is 0. The van der Waals surface area contributed by atoms with Gasteiger partial charge in [-0.05, 0) is 73.2 Å². The summed E-state index contributed by atoms with van der Waals surface area (Å²) in [7, 11) is -3.20. The van der Waals surface area contributed by atoms with E-state index in [1.807, 2.05) is 12.3 Å². The van der Waals surface area contributed by atoms with Crippen LogP contribution in [0.3, 0.4) is 0 Å². The molecule has 2 heterocycles. The molecule has 0 spiro atoms. The van der Waals surface area contributed by atoms with Crippen LogP contribution >= 0.6 is 0 Å². The summed E-state index contributed by atoms with van der Waals surface area (Å²) in [6.45, 7) is 0. The first kappa shape index (κ1) is 17.7. The van der Waals surface area contributed by atoms with Crippen molar-refractivity contribution in [3.8, 4) is 0 Å². The summed E-state index contributed by atoms with van der Waals surface area (Å²) >= 11 is 0. The molecule has 2 aromatic heterocycles. The number of aromatic nitrogens is 2. The number of fused-ring (bicyclic) bond motifs is 1. The predicted molar refractivity (Wildman–Crippen MR) is 111 cm³/mol. The number of anilines is 2. The molecule has 0 fully saturated rings. The van der Waals surface area contributed by atoms with Gasteiger partial charge in [-0.1, -0.05) is 6.08 Å². The van der Waals surface area contributed by atoms with Crippen LogP contribution in [0.4, 0.5) is 11.5 Å². The highest BCUT2D eigenvalue weighted by molar-refractivity contribution is 7.90. The van der Waals surface area contributed by atoms with Crippen molar-refractivity contribution in [2.45, 2.75) is 30.6 Å². The lowest BCUT2D eigenvalue weighted by molar-refractivity contribution is 0.602. The molecule has 0 aliphatic heterocycles. The largest absolute Gasteiger partial charge is 0.340 e. The van der Waals surface area contributed by atoms with Crippen LogP contribution in [0, 0.1) is 0 Å². The maximum atomic E-state index is 11.6. The third-order valence-electron chi connectivity index (χ3n) is 4.82. The lowest BCUT2D eigenvalue weighted by atomic mass is 9.92. The van der Waals surface area contributed by atoms with Gasteiger partial charge in [0.15, 0.2) is 9.84 Å². The van der Waals surface area contributed by atoms with Gasteiger partial charge in [0.05, 0.1) is 16.6 Å². The molecule has 0 saturated carbocycles. The molecule has 0 amide bonds. The first-order valence-electron chi connectivity index (χ1n) is 9.02. The van der Waals surface area contributed by atoms with E-state index in [-0.39, 0.29) is 1.43 Å².